The van der Waals surface area contributed by atoms with E-state index in [9.17, 15) is 5.21 Å². The summed E-state index contributed by atoms with van der Waals surface area (Å²) >= 11 is 0. The Morgan fingerprint density at radius 3 is 2.71 bits per heavy atom. The van der Waals surface area contributed by atoms with Crippen LogP contribution in [0.1, 0.15) is 26.7 Å². The number of methoxy groups -OCH3 is 1. The molecule has 4 nitrogen and oxygen atoms in total. The maximum absolute atomic E-state index is 12.2. The van der Waals surface area contributed by atoms with Gasteiger partial charge in [0.1, 0.15) is 6.17 Å². The van der Waals surface area contributed by atoms with Crippen LogP contribution < -0.4 is 5.06 Å². The fourth-order valence-corrected chi connectivity index (χ4v) is 2.60. The van der Waals surface area contributed by atoms with Crippen molar-refractivity contribution in [2.45, 2.75) is 38.6 Å². The molecule has 2 bridgehead atoms. The highest BCUT2D eigenvalue weighted by molar-refractivity contribution is 4.93. The van der Waals surface area contributed by atoms with Gasteiger partial charge in [-0.3, -0.25) is 4.90 Å². The smallest absolute Gasteiger partial charge is 0.199 e. The fourth-order valence-electron chi connectivity index (χ4n) is 2.60. The molecule has 5 unspecified atom stereocenters. The quantitative estimate of drug-likeness (QED) is 0.505. The van der Waals surface area contributed by atoms with E-state index in [1.54, 1.807) is 7.11 Å². The van der Waals surface area contributed by atoms with Crippen LogP contribution in [0, 0.1) is 11.1 Å². The Labute approximate surface area is 85.4 Å². The summed E-state index contributed by atoms with van der Waals surface area (Å²) in [7, 11) is 1.64. The van der Waals surface area contributed by atoms with E-state index >= 15 is 0 Å². The third kappa shape index (κ3) is 1.29. The van der Waals surface area contributed by atoms with Gasteiger partial charge in [-0.05, 0) is 6.42 Å². The van der Waals surface area contributed by atoms with Crippen LogP contribution in [0.3, 0.4) is 0 Å². The second kappa shape index (κ2) is 3.45. The van der Waals surface area contributed by atoms with E-state index in [4.69, 9.17) is 4.74 Å². The molecule has 0 saturated carbocycles. The van der Waals surface area contributed by atoms with Crippen molar-refractivity contribution < 1.29 is 9.80 Å². The van der Waals surface area contributed by atoms with Crippen LogP contribution >= 0.6 is 0 Å². The standard InChI is InChI=1S/C10H20N2O2/c1-4-10(2,14-3)12(13)9-8-5-6-11(9)7-8/h8-9,12H,4-7H2,1-3H3. The number of hydroxylamine groups is 2. The van der Waals surface area contributed by atoms with Crippen molar-refractivity contribution in [1.82, 2.24) is 4.90 Å². The van der Waals surface area contributed by atoms with Gasteiger partial charge in [0, 0.05) is 39.5 Å². The molecular formula is C10H20N2O2. The molecule has 0 aromatic heterocycles. The second-order valence-electron chi connectivity index (χ2n) is 4.64. The first-order valence-corrected chi connectivity index (χ1v) is 5.46. The summed E-state index contributed by atoms with van der Waals surface area (Å²) in [5.41, 5.74) is -0.564. The van der Waals surface area contributed by atoms with Crippen LogP contribution in [0.2, 0.25) is 0 Å². The van der Waals surface area contributed by atoms with Crippen LogP contribution in [-0.2, 0) is 4.74 Å². The van der Waals surface area contributed by atoms with Crippen LogP contribution in [0.4, 0.5) is 0 Å². The van der Waals surface area contributed by atoms with Crippen molar-refractivity contribution in [3.63, 3.8) is 0 Å². The Kier molecular flexibility index (Phi) is 2.55. The molecule has 0 aromatic rings. The summed E-state index contributed by atoms with van der Waals surface area (Å²) in [5.74, 6) is 0.614. The van der Waals surface area contributed by atoms with E-state index in [1.807, 2.05) is 13.8 Å². The maximum Gasteiger partial charge on any atom is 0.199 e. The number of fused-ring (bicyclic) bond motifs is 1. The SMILES string of the molecule is CCC(C)(OC)[NH+]([O-])C1C2CCN1C2. The van der Waals surface area contributed by atoms with E-state index in [0.717, 1.165) is 19.5 Å². The lowest BCUT2D eigenvalue weighted by atomic mass is 9.98. The van der Waals surface area contributed by atoms with E-state index in [1.165, 1.54) is 6.42 Å². The summed E-state index contributed by atoms with van der Waals surface area (Å²) in [6, 6.07) is 0. The van der Waals surface area contributed by atoms with Gasteiger partial charge in [-0.25, -0.2) is 0 Å². The topological polar surface area (TPSA) is 40.0 Å². The molecule has 3 aliphatic rings. The molecule has 3 fully saturated rings. The van der Waals surface area contributed by atoms with E-state index in [-0.39, 0.29) is 11.2 Å². The van der Waals surface area contributed by atoms with E-state index in [2.05, 4.69) is 4.90 Å². The minimum Gasteiger partial charge on any atom is -0.631 e. The van der Waals surface area contributed by atoms with Crippen LogP contribution in [0.25, 0.3) is 0 Å². The Morgan fingerprint density at radius 2 is 2.36 bits per heavy atom. The van der Waals surface area contributed by atoms with Crippen molar-refractivity contribution in [3.8, 4) is 0 Å². The largest absolute Gasteiger partial charge is 0.631 e. The molecule has 4 heteroatoms. The third-order valence-corrected chi connectivity index (χ3v) is 4.01. The molecule has 3 aliphatic heterocycles. The molecule has 3 rings (SSSR count). The van der Waals surface area contributed by atoms with Crippen LogP contribution in [0.5, 0.6) is 0 Å². The molecule has 82 valence electrons. The Balaban J connectivity index is 2.04. The lowest BCUT2D eigenvalue weighted by Crippen LogP contribution is -3.22. The average Bonchev–Trinajstić information content (AvgIpc) is 2.78. The Morgan fingerprint density at radius 1 is 1.64 bits per heavy atom. The normalized spacial score (nSPS) is 41.6. The zero-order valence-corrected chi connectivity index (χ0v) is 9.25. The van der Waals surface area contributed by atoms with Gasteiger partial charge in [0.15, 0.2) is 5.72 Å². The van der Waals surface area contributed by atoms with Gasteiger partial charge in [0.2, 0.25) is 0 Å². The molecule has 1 N–H and O–H groups in total. The molecule has 0 aromatic carbocycles. The number of hydrogen-bond donors (Lipinski definition) is 1. The molecule has 3 saturated heterocycles. The monoisotopic (exact) mass is 200 g/mol. The van der Waals surface area contributed by atoms with Gasteiger partial charge in [-0.15, -0.1) is 0 Å². The maximum atomic E-state index is 12.2. The number of rotatable bonds is 4. The predicted molar refractivity (Wildman–Crippen MR) is 53.5 cm³/mol. The molecule has 0 amide bonds. The highest BCUT2D eigenvalue weighted by atomic mass is 16.6. The van der Waals surface area contributed by atoms with E-state index < -0.39 is 5.72 Å². The third-order valence-electron chi connectivity index (χ3n) is 4.01. The minimum absolute atomic E-state index is 0.167. The molecule has 0 aliphatic carbocycles. The molecule has 0 radical (unpaired) electrons. The first kappa shape index (κ1) is 10.4. The number of ether oxygens (including phenoxy) is 1. The zero-order valence-electron chi connectivity index (χ0n) is 9.25. The van der Waals surface area contributed by atoms with E-state index in [0.29, 0.717) is 5.92 Å². The highest BCUT2D eigenvalue weighted by Gasteiger charge is 2.52. The first-order valence-electron chi connectivity index (χ1n) is 5.46. The highest BCUT2D eigenvalue weighted by Crippen LogP contribution is 2.33. The summed E-state index contributed by atoms with van der Waals surface area (Å²) in [5, 5.41) is 12.5. The van der Waals surface area contributed by atoms with Gasteiger partial charge >= 0.3 is 0 Å². The minimum atomic E-state index is -0.564. The van der Waals surface area contributed by atoms with Crippen LogP contribution in [0.15, 0.2) is 0 Å². The van der Waals surface area contributed by atoms with Crippen molar-refractivity contribution in [3.05, 3.63) is 5.21 Å². The van der Waals surface area contributed by atoms with Gasteiger partial charge in [0.05, 0.1) is 0 Å². The van der Waals surface area contributed by atoms with Crippen molar-refractivity contribution in [2.75, 3.05) is 20.2 Å². The summed E-state index contributed by atoms with van der Waals surface area (Å²) in [6.07, 6.45) is 2.12. The predicted octanol–water partition coefficient (Wildman–Crippen LogP) is -0.197. The molecule has 14 heavy (non-hydrogen) atoms. The molecule has 3 heterocycles. The number of quaternary nitrogens is 1. The van der Waals surface area contributed by atoms with Gasteiger partial charge in [0.25, 0.3) is 0 Å². The lowest BCUT2D eigenvalue weighted by molar-refractivity contribution is -0.974. The van der Waals surface area contributed by atoms with Crippen LogP contribution in [-0.4, -0.2) is 37.0 Å². The zero-order chi connectivity index (χ0) is 10.3. The number of hydrogen-bond acceptors (Lipinski definition) is 3. The van der Waals surface area contributed by atoms with Gasteiger partial charge in [-0.1, -0.05) is 6.92 Å². The molecule has 5 atom stereocenters. The fraction of sp³-hybridized carbons (Fsp3) is 1.00. The Hall–Kier alpha value is -0.160. The summed E-state index contributed by atoms with van der Waals surface area (Å²) in [4.78, 5) is 2.28. The number of nitrogens with zero attached hydrogens (tertiary/aromatic N) is 1. The van der Waals surface area contributed by atoms with Gasteiger partial charge in [-0.2, -0.15) is 0 Å². The molecule has 0 spiro atoms. The lowest BCUT2D eigenvalue weighted by Gasteiger charge is -2.51. The summed E-state index contributed by atoms with van der Waals surface area (Å²) < 4.78 is 5.35. The first-order chi connectivity index (χ1) is 6.62. The van der Waals surface area contributed by atoms with Gasteiger partial charge < -0.3 is 15.0 Å². The van der Waals surface area contributed by atoms with Crippen molar-refractivity contribution >= 4 is 0 Å². The van der Waals surface area contributed by atoms with Crippen molar-refractivity contribution in [2.24, 2.45) is 5.92 Å². The molecular weight excluding hydrogens is 180 g/mol. The average molecular weight is 200 g/mol. The Bertz CT molecular complexity index is 204. The second-order valence-corrected chi connectivity index (χ2v) is 4.64. The summed E-state index contributed by atoms with van der Waals surface area (Å²) in [6.45, 7) is 6.15. The van der Waals surface area contributed by atoms with Crippen molar-refractivity contribution in [1.29, 1.82) is 0 Å². The number of nitrogens with one attached hydrogen (secondary N) is 1.